The lowest BCUT2D eigenvalue weighted by Crippen LogP contribution is -2.26. The van der Waals surface area contributed by atoms with Gasteiger partial charge in [0.15, 0.2) is 0 Å². The van der Waals surface area contributed by atoms with Crippen LogP contribution in [0.4, 0.5) is 0 Å². The fourth-order valence-corrected chi connectivity index (χ4v) is 2.85. The third-order valence-corrected chi connectivity index (χ3v) is 3.85. The lowest BCUT2D eigenvalue weighted by atomic mass is 9.77. The zero-order chi connectivity index (χ0) is 10.9. The fourth-order valence-electron chi connectivity index (χ4n) is 2.85. The van der Waals surface area contributed by atoms with E-state index in [0.29, 0.717) is 0 Å². The minimum Gasteiger partial charge on any atom is -0.330 e. The van der Waals surface area contributed by atoms with Gasteiger partial charge in [0.2, 0.25) is 0 Å². The lowest BCUT2D eigenvalue weighted by molar-refractivity contribution is 0.225. The van der Waals surface area contributed by atoms with Crippen LogP contribution >= 0.6 is 0 Å². The monoisotopic (exact) mass is 209 g/mol. The predicted molar refractivity (Wildman–Crippen MR) is 67.8 cm³/mol. The number of allylic oxidation sites excluding steroid dienone is 1. The van der Waals surface area contributed by atoms with Crippen LogP contribution in [0.15, 0.2) is 12.7 Å². The second-order valence-corrected chi connectivity index (χ2v) is 4.97. The van der Waals surface area contributed by atoms with Crippen LogP contribution in [-0.4, -0.2) is 6.54 Å². The lowest BCUT2D eigenvalue weighted by Gasteiger charge is -2.30. The van der Waals surface area contributed by atoms with Gasteiger partial charge in [0.05, 0.1) is 0 Å². The molecule has 0 heterocycles. The number of nitrogens with two attached hydrogens (primary N) is 1. The van der Waals surface area contributed by atoms with E-state index in [1.807, 2.05) is 6.08 Å². The van der Waals surface area contributed by atoms with Crippen molar-refractivity contribution in [2.24, 2.45) is 17.6 Å². The second kappa shape index (κ2) is 7.92. The third-order valence-electron chi connectivity index (χ3n) is 3.85. The zero-order valence-electron chi connectivity index (χ0n) is 10.1. The van der Waals surface area contributed by atoms with Crippen molar-refractivity contribution in [3.63, 3.8) is 0 Å². The molecule has 2 unspecified atom stereocenters. The van der Waals surface area contributed by atoms with Crippen LogP contribution in [0, 0.1) is 11.8 Å². The van der Waals surface area contributed by atoms with Crippen LogP contribution in [0.2, 0.25) is 0 Å². The molecule has 1 rings (SSSR count). The van der Waals surface area contributed by atoms with Crippen LogP contribution in [0.3, 0.4) is 0 Å². The molecule has 2 N–H and O–H groups in total. The summed E-state index contributed by atoms with van der Waals surface area (Å²) in [5.41, 5.74) is 5.83. The molecular weight excluding hydrogens is 182 g/mol. The van der Waals surface area contributed by atoms with E-state index < -0.39 is 0 Å². The van der Waals surface area contributed by atoms with Gasteiger partial charge in [-0.05, 0) is 37.6 Å². The Labute approximate surface area is 95.1 Å². The molecule has 0 aromatic heterocycles. The predicted octanol–water partition coefficient (Wildman–Crippen LogP) is 3.89. The molecule has 1 aliphatic rings. The Morgan fingerprint density at radius 1 is 1.07 bits per heavy atom. The molecule has 0 aromatic rings. The Balaban J connectivity index is 2.09. The molecule has 1 saturated carbocycles. The SMILES string of the molecule is C=CCCCCCC1CCCCC1CN. The van der Waals surface area contributed by atoms with E-state index in [2.05, 4.69) is 6.58 Å². The van der Waals surface area contributed by atoms with Crippen molar-refractivity contribution < 1.29 is 0 Å². The summed E-state index contributed by atoms with van der Waals surface area (Å²) in [4.78, 5) is 0. The smallest absolute Gasteiger partial charge is 0.00462 e. The highest BCUT2D eigenvalue weighted by atomic mass is 14.6. The minimum absolute atomic E-state index is 0.832. The molecule has 2 atom stereocenters. The number of hydrogen-bond acceptors (Lipinski definition) is 1. The van der Waals surface area contributed by atoms with E-state index in [1.165, 1.54) is 57.8 Å². The molecule has 0 saturated heterocycles. The van der Waals surface area contributed by atoms with Crippen LogP contribution < -0.4 is 5.73 Å². The molecule has 0 aromatic carbocycles. The normalized spacial score (nSPS) is 26.5. The molecule has 1 aliphatic carbocycles. The first-order valence-electron chi connectivity index (χ1n) is 6.69. The summed E-state index contributed by atoms with van der Waals surface area (Å²) in [6.07, 6.45) is 14.4. The zero-order valence-corrected chi connectivity index (χ0v) is 10.1. The summed E-state index contributed by atoms with van der Waals surface area (Å²) < 4.78 is 0. The highest BCUT2D eigenvalue weighted by Crippen LogP contribution is 2.32. The summed E-state index contributed by atoms with van der Waals surface area (Å²) in [6, 6.07) is 0. The van der Waals surface area contributed by atoms with Crippen molar-refractivity contribution >= 4 is 0 Å². The van der Waals surface area contributed by atoms with E-state index in [1.54, 1.807) is 0 Å². The van der Waals surface area contributed by atoms with E-state index >= 15 is 0 Å². The average molecular weight is 209 g/mol. The first kappa shape index (κ1) is 12.8. The van der Waals surface area contributed by atoms with E-state index in [0.717, 1.165) is 18.4 Å². The van der Waals surface area contributed by atoms with Gasteiger partial charge in [-0.15, -0.1) is 6.58 Å². The Kier molecular flexibility index (Phi) is 6.74. The number of rotatable bonds is 7. The molecule has 0 radical (unpaired) electrons. The van der Waals surface area contributed by atoms with Gasteiger partial charge >= 0.3 is 0 Å². The standard InChI is InChI=1S/C14H27N/c1-2-3-4-5-6-9-13-10-7-8-11-14(13)12-15/h2,13-14H,1,3-12,15H2. The van der Waals surface area contributed by atoms with E-state index in [4.69, 9.17) is 5.73 Å². The van der Waals surface area contributed by atoms with Crippen LogP contribution in [0.1, 0.15) is 57.8 Å². The van der Waals surface area contributed by atoms with Crippen molar-refractivity contribution in [2.45, 2.75) is 57.8 Å². The van der Waals surface area contributed by atoms with Crippen molar-refractivity contribution in [1.82, 2.24) is 0 Å². The Bertz CT molecular complexity index is 165. The largest absolute Gasteiger partial charge is 0.330 e. The Hall–Kier alpha value is -0.300. The summed E-state index contributed by atoms with van der Waals surface area (Å²) in [5, 5.41) is 0. The van der Waals surface area contributed by atoms with Crippen molar-refractivity contribution in [3.05, 3.63) is 12.7 Å². The van der Waals surface area contributed by atoms with E-state index in [9.17, 15) is 0 Å². The molecule has 15 heavy (non-hydrogen) atoms. The quantitative estimate of drug-likeness (QED) is 0.499. The highest BCUT2D eigenvalue weighted by molar-refractivity contribution is 4.76. The van der Waals surface area contributed by atoms with Gasteiger partial charge in [-0.2, -0.15) is 0 Å². The topological polar surface area (TPSA) is 26.0 Å². The van der Waals surface area contributed by atoms with Crippen molar-refractivity contribution in [2.75, 3.05) is 6.54 Å². The van der Waals surface area contributed by atoms with Crippen LogP contribution in [-0.2, 0) is 0 Å². The average Bonchev–Trinajstić information content (AvgIpc) is 2.29. The molecule has 88 valence electrons. The molecule has 0 spiro atoms. The van der Waals surface area contributed by atoms with E-state index in [-0.39, 0.29) is 0 Å². The first-order chi connectivity index (χ1) is 7.38. The van der Waals surface area contributed by atoms with Gasteiger partial charge in [0.1, 0.15) is 0 Å². The maximum Gasteiger partial charge on any atom is -0.00462 e. The van der Waals surface area contributed by atoms with Crippen molar-refractivity contribution in [3.8, 4) is 0 Å². The molecule has 0 amide bonds. The molecule has 0 aliphatic heterocycles. The Morgan fingerprint density at radius 2 is 1.80 bits per heavy atom. The molecule has 1 nitrogen and oxygen atoms in total. The van der Waals surface area contributed by atoms with Crippen LogP contribution in [0.5, 0.6) is 0 Å². The van der Waals surface area contributed by atoms with Crippen LogP contribution in [0.25, 0.3) is 0 Å². The van der Waals surface area contributed by atoms with Gasteiger partial charge in [0, 0.05) is 0 Å². The molecule has 0 bridgehead atoms. The Morgan fingerprint density at radius 3 is 2.47 bits per heavy atom. The summed E-state index contributed by atoms with van der Waals surface area (Å²) in [7, 11) is 0. The maximum atomic E-state index is 5.83. The van der Waals surface area contributed by atoms with Gasteiger partial charge in [-0.1, -0.05) is 44.6 Å². The van der Waals surface area contributed by atoms with Gasteiger partial charge in [0.25, 0.3) is 0 Å². The first-order valence-corrected chi connectivity index (χ1v) is 6.69. The fraction of sp³-hybridized carbons (Fsp3) is 0.857. The molecule has 1 fully saturated rings. The highest BCUT2D eigenvalue weighted by Gasteiger charge is 2.22. The number of hydrogen-bond donors (Lipinski definition) is 1. The maximum absolute atomic E-state index is 5.83. The molecule has 1 heteroatoms. The van der Waals surface area contributed by atoms with Gasteiger partial charge in [-0.25, -0.2) is 0 Å². The third kappa shape index (κ3) is 4.83. The summed E-state index contributed by atoms with van der Waals surface area (Å²) in [5.74, 6) is 1.77. The molecular formula is C14H27N. The second-order valence-electron chi connectivity index (χ2n) is 4.97. The minimum atomic E-state index is 0.832. The summed E-state index contributed by atoms with van der Waals surface area (Å²) >= 11 is 0. The number of unbranched alkanes of at least 4 members (excludes halogenated alkanes) is 3. The van der Waals surface area contributed by atoms with Gasteiger partial charge in [-0.3, -0.25) is 0 Å². The van der Waals surface area contributed by atoms with Gasteiger partial charge < -0.3 is 5.73 Å². The van der Waals surface area contributed by atoms with Crippen molar-refractivity contribution in [1.29, 1.82) is 0 Å². The summed E-state index contributed by atoms with van der Waals surface area (Å²) in [6.45, 7) is 4.67.